The van der Waals surface area contributed by atoms with Crippen molar-refractivity contribution in [2.75, 3.05) is 46.1 Å². The average Bonchev–Trinajstić information content (AvgIpc) is 2.92. The van der Waals surface area contributed by atoms with Gasteiger partial charge in [0.2, 0.25) is 11.8 Å². The summed E-state index contributed by atoms with van der Waals surface area (Å²) < 4.78 is 11.6. The third-order valence-corrected chi connectivity index (χ3v) is 6.67. The molecule has 4 aliphatic heterocycles. The van der Waals surface area contributed by atoms with Crippen molar-refractivity contribution in [3.8, 4) is 0 Å². The highest BCUT2D eigenvalue weighted by atomic mass is 16.5. The number of hydrogen-bond acceptors (Lipinski definition) is 8. The Bertz CT molecular complexity index is 971. The first-order valence-electron chi connectivity index (χ1n) is 10.9. The first-order chi connectivity index (χ1) is 15.5. The van der Waals surface area contributed by atoms with Crippen LogP contribution in [-0.2, 0) is 25.6 Å². The van der Waals surface area contributed by atoms with Gasteiger partial charge in [0, 0.05) is 32.6 Å². The average molecular weight is 442 g/mol. The number of amides is 4. The maximum atomic E-state index is 13.1. The number of piperidine rings is 1. The summed E-state index contributed by atoms with van der Waals surface area (Å²) in [6, 6.07) is 4.30. The lowest BCUT2D eigenvalue weighted by atomic mass is 9.96. The second-order valence-electron chi connectivity index (χ2n) is 8.75. The van der Waals surface area contributed by atoms with Crippen LogP contribution in [0.1, 0.15) is 39.1 Å². The van der Waals surface area contributed by atoms with E-state index in [9.17, 15) is 19.2 Å². The molecule has 4 aliphatic rings. The molecule has 2 atom stereocenters. The van der Waals surface area contributed by atoms with Crippen LogP contribution in [0.4, 0.5) is 0 Å². The van der Waals surface area contributed by atoms with Crippen LogP contribution in [0, 0.1) is 0 Å². The van der Waals surface area contributed by atoms with Gasteiger partial charge in [0.1, 0.15) is 6.04 Å². The fourth-order valence-corrected chi connectivity index (χ4v) is 4.92. The Hall–Kier alpha value is -2.66. The molecule has 4 heterocycles. The largest absolute Gasteiger partial charge is 0.378 e. The Morgan fingerprint density at radius 3 is 2.62 bits per heavy atom. The number of rotatable bonds is 3. The second kappa shape index (κ2) is 8.36. The smallest absolute Gasteiger partial charge is 0.262 e. The van der Waals surface area contributed by atoms with E-state index in [1.807, 2.05) is 6.07 Å². The minimum absolute atomic E-state index is 0.101. The Morgan fingerprint density at radius 1 is 1.03 bits per heavy atom. The van der Waals surface area contributed by atoms with E-state index in [1.54, 1.807) is 12.1 Å². The van der Waals surface area contributed by atoms with Crippen molar-refractivity contribution >= 4 is 23.6 Å². The van der Waals surface area contributed by atoms with E-state index in [2.05, 4.69) is 15.5 Å². The molecule has 1 spiro atoms. The van der Waals surface area contributed by atoms with Gasteiger partial charge in [0.25, 0.3) is 11.8 Å². The Labute approximate surface area is 185 Å². The molecule has 0 bridgehead atoms. The summed E-state index contributed by atoms with van der Waals surface area (Å²) in [7, 11) is 0. The standard InChI is InChI=1S/C22H26N4O6/c27-18-4-3-17(19(28)24-18)26-20(29)15-2-1-14(9-16(15)21(26)30)10-25-6-8-32-13-22(25)11-23-5-7-31-12-22/h1-2,9,17,23H,3-8,10-13H2,(H,24,27,28). The third kappa shape index (κ3) is 3.62. The molecule has 0 radical (unpaired) electrons. The molecule has 2 unspecified atom stereocenters. The molecule has 0 aliphatic carbocycles. The van der Waals surface area contributed by atoms with E-state index in [0.717, 1.165) is 30.1 Å². The first-order valence-corrected chi connectivity index (χ1v) is 10.9. The molecule has 4 amide bonds. The van der Waals surface area contributed by atoms with Crippen LogP contribution < -0.4 is 10.6 Å². The predicted octanol–water partition coefficient (Wildman–Crippen LogP) is -0.721. The maximum absolute atomic E-state index is 13.1. The van der Waals surface area contributed by atoms with Gasteiger partial charge in [-0.3, -0.25) is 34.3 Å². The first kappa shape index (κ1) is 21.2. The van der Waals surface area contributed by atoms with Gasteiger partial charge in [-0.1, -0.05) is 6.07 Å². The monoisotopic (exact) mass is 442 g/mol. The van der Waals surface area contributed by atoms with Gasteiger partial charge in [0.15, 0.2) is 0 Å². The van der Waals surface area contributed by atoms with E-state index in [0.29, 0.717) is 44.1 Å². The van der Waals surface area contributed by atoms with Crippen LogP contribution in [0.5, 0.6) is 0 Å². The lowest BCUT2D eigenvalue weighted by Crippen LogP contribution is -2.62. The molecule has 5 rings (SSSR count). The van der Waals surface area contributed by atoms with Crippen LogP contribution in [0.25, 0.3) is 0 Å². The Kier molecular flexibility index (Phi) is 5.54. The van der Waals surface area contributed by atoms with Crippen molar-refractivity contribution in [2.24, 2.45) is 0 Å². The SMILES string of the molecule is O=C1CCC(N2C(=O)c3ccc(CN4CCOCC45CNCCOC5)cc3C2=O)C(=O)N1. The molecular weight excluding hydrogens is 416 g/mol. The molecule has 3 fully saturated rings. The van der Waals surface area contributed by atoms with Gasteiger partial charge >= 0.3 is 0 Å². The van der Waals surface area contributed by atoms with E-state index in [1.165, 1.54) is 0 Å². The molecule has 10 nitrogen and oxygen atoms in total. The number of morpholine rings is 1. The van der Waals surface area contributed by atoms with Gasteiger partial charge in [-0.05, 0) is 24.1 Å². The lowest BCUT2D eigenvalue weighted by Gasteiger charge is -2.46. The number of carbonyl (C=O) groups excluding carboxylic acids is 4. The molecule has 32 heavy (non-hydrogen) atoms. The summed E-state index contributed by atoms with van der Waals surface area (Å²) in [6.07, 6.45) is 0.247. The van der Waals surface area contributed by atoms with E-state index in [4.69, 9.17) is 9.47 Å². The van der Waals surface area contributed by atoms with Gasteiger partial charge in [-0.25, -0.2) is 0 Å². The molecule has 0 saturated carbocycles. The fourth-order valence-electron chi connectivity index (χ4n) is 4.92. The summed E-state index contributed by atoms with van der Waals surface area (Å²) in [5.41, 5.74) is 1.21. The quantitative estimate of drug-likeness (QED) is 0.589. The molecule has 10 heteroatoms. The summed E-state index contributed by atoms with van der Waals surface area (Å²) in [4.78, 5) is 53.0. The predicted molar refractivity (Wildman–Crippen MR) is 111 cm³/mol. The maximum Gasteiger partial charge on any atom is 0.262 e. The summed E-state index contributed by atoms with van der Waals surface area (Å²) in [5, 5.41) is 5.63. The van der Waals surface area contributed by atoms with Crippen molar-refractivity contribution in [1.82, 2.24) is 20.4 Å². The molecular formula is C22H26N4O6. The van der Waals surface area contributed by atoms with Crippen LogP contribution in [0.15, 0.2) is 18.2 Å². The highest BCUT2D eigenvalue weighted by Crippen LogP contribution is 2.30. The zero-order chi connectivity index (χ0) is 22.3. The zero-order valence-electron chi connectivity index (χ0n) is 17.7. The van der Waals surface area contributed by atoms with Crippen LogP contribution in [0.2, 0.25) is 0 Å². The number of nitrogens with zero attached hydrogens (tertiary/aromatic N) is 2. The van der Waals surface area contributed by atoms with Gasteiger partial charge in [-0.2, -0.15) is 0 Å². The highest BCUT2D eigenvalue weighted by molar-refractivity contribution is 6.23. The molecule has 170 valence electrons. The summed E-state index contributed by atoms with van der Waals surface area (Å²) in [6.45, 7) is 5.25. The Morgan fingerprint density at radius 2 is 1.81 bits per heavy atom. The molecule has 2 N–H and O–H groups in total. The van der Waals surface area contributed by atoms with Crippen molar-refractivity contribution in [3.63, 3.8) is 0 Å². The normalized spacial score (nSPS) is 29.2. The van der Waals surface area contributed by atoms with Crippen molar-refractivity contribution in [2.45, 2.75) is 31.0 Å². The Balaban J connectivity index is 1.38. The molecule has 3 saturated heterocycles. The number of hydrogen-bond donors (Lipinski definition) is 2. The van der Waals surface area contributed by atoms with E-state index >= 15 is 0 Å². The topological polar surface area (TPSA) is 117 Å². The molecule has 1 aromatic carbocycles. The van der Waals surface area contributed by atoms with Crippen LogP contribution in [0.3, 0.4) is 0 Å². The van der Waals surface area contributed by atoms with Crippen LogP contribution >= 0.6 is 0 Å². The minimum Gasteiger partial charge on any atom is -0.378 e. The molecule has 0 aromatic heterocycles. The summed E-state index contributed by atoms with van der Waals surface area (Å²) in [5.74, 6) is -1.97. The zero-order valence-corrected chi connectivity index (χ0v) is 17.7. The van der Waals surface area contributed by atoms with Gasteiger partial charge in [-0.15, -0.1) is 0 Å². The fraction of sp³-hybridized carbons (Fsp3) is 0.545. The van der Waals surface area contributed by atoms with Gasteiger partial charge < -0.3 is 14.8 Å². The van der Waals surface area contributed by atoms with Crippen molar-refractivity contribution < 1.29 is 28.7 Å². The number of fused-ring (bicyclic) bond motifs is 1. The highest BCUT2D eigenvalue weighted by Gasteiger charge is 2.45. The number of carbonyl (C=O) groups is 4. The van der Waals surface area contributed by atoms with E-state index < -0.39 is 23.8 Å². The van der Waals surface area contributed by atoms with Crippen molar-refractivity contribution in [3.05, 3.63) is 34.9 Å². The number of benzene rings is 1. The molecule has 1 aromatic rings. The second-order valence-corrected chi connectivity index (χ2v) is 8.75. The van der Waals surface area contributed by atoms with E-state index in [-0.39, 0.29) is 24.3 Å². The third-order valence-electron chi connectivity index (χ3n) is 6.67. The number of ether oxygens (including phenoxy) is 2. The van der Waals surface area contributed by atoms with Crippen LogP contribution in [-0.4, -0.2) is 91.1 Å². The lowest BCUT2D eigenvalue weighted by molar-refractivity contribution is -0.136. The minimum atomic E-state index is -0.958. The number of imide groups is 2. The summed E-state index contributed by atoms with van der Waals surface area (Å²) >= 11 is 0. The van der Waals surface area contributed by atoms with Crippen molar-refractivity contribution in [1.29, 1.82) is 0 Å². The number of nitrogens with one attached hydrogen (secondary N) is 2. The van der Waals surface area contributed by atoms with Gasteiger partial charge in [0.05, 0.1) is 43.1 Å².